The van der Waals surface area contributed by atoms with Crippen molar-refractivity contribution in [3.8, 4) is 0 Å². The third-order valence-corrected chi connectivity index (χ3v) is 2.41. The molecule has 0 fully saturated rings. The first-order valence-corrected chi connectivity index (χ1v) is 5.51. The minimum Gasteiger partial charge on any atom is -0.310 e. The number of H-pyrrole nitrogens is 1. The number of hydrogen-bond acceptors (Lipinski definition) is 3. The van der Waals surface area contributed by atoms with Crippen molar-refractivity contribution in [3.05, 3.63) is 41.9 Å². The number of hydrogen-bond donors (Lipinski definition) is 2. The van der Waals surface area contributed by atoms with Crippen LogP contribution in [0.15, 0.2) is 30.6 Å². The van der Waals surface area contributed by atoms with E-state index in [1.165, 1.54) is 0 Å². The van der Waals surface area contributed by atoms with Crippen molar-refractivity contribution in [2.24, 2.45) is 0 Å². The molecule has 2 aromatic rings. The Kier molecular flexibility index (Phi) is 3.49. The van der Waals surface area contributed by atoms with Crippen LogP contribution < -0.4 is 5.32 Å². The van der Waals surface area contributed by atoms with E-state index < -0.39 is 0 Å². The molecule has 2 aromatic heterocycles. The largest absolute Gasteiger partial charge is 0.310 e. The highest BCUT2D eigenvalue weighted by molar-refractivity contribution is 5.91. The molecule has 0 aliphatic carbocycles. The van der Waals surface area contributed by atoms with Gasteiger partial charge in [0.25, 0.3) is 0 Å². The van der Waals surface area contributed by atoms with E-state index >= 15 is 0 Å². The van der Waals surface area contributed by atoms with Crippen molar-refractivity contribution in [1.82, 2.24) is 15.2 Å². The molecule has 2 rings (SSSR count). The lowest BCUT2D eigenvalue weighted by Crippen LogP contribution is -2.15. The highest BCUT2D eigenvalue weighted by atomic mass is 16.1. The van der Waals surface area contributed by atoms with Crippen molar-refractivity contribution in [2.45, 2.75) is 19.8 Å². The summed E-state index contributed by atoms with van der Waals surface area (Å²) in [6, 6.07) is 5.59. The summed E-state index contributed by atoms with van der Waals surface area (Å²) in [5.74, 6) is 0.490. The fourth-order valence-corrected chi connectivity index (χ4v) is 1.51. The Morgan fingerprint density at radius 2 is 2.29 bits per heavy atom. The van der Waals surface area contributed by atoms with Gasteiger partial charge in [-0.05, 0) is 30.2 Å². The van der Waals surface area contributed by atoms with Crippen LogP contribution in [0.25, 0.3) is 0 Å². The standard InChI is InChI=1S/C12H14N4O/c1-2-9-3-5-13-11(7-9)15-12(17)8-10-4-6-14-16-10/h3-7H,2,8H2,1H3,(H,14,16)(H,13,15,17). The van der Waals surface area contributed by atoms with E-state index in [0.717, 1.165) is 17.7 Å². The van der Waals surface area contributed by atoms with Gasteiger partial charge in [0.2, 0.25) is 5.91 Å². The summed E-state index contributed by atoms with van der Waals surface area (Å²) in [6.45, 7) is 2.06. The van der Waals surface area contributed by atoms with E-state index in [4.69, 9.17) is 0 Å². The molecule has 0 aliphatic heterocycles. The van der Waals surface area contributed by atoms with Gasteiger partial charge in [0.05, 0.1) is 6.42 Å². The van der Waals surface area contributed by atoms with Crippen molar-refractivity contribution in [3.63, 3.8) is 0 Å². The molecule has 0 saturated carbocycles. The highest BCUT2D eigenvalue weighted by Crippen LogP contribution is 2.07. The van der Waals surface area contributed by atoms with Crippen LogP contribution in [0.2, 0.25) is 0 Å². The summed E-state index contributed by atoms with van der Waals surface area (Å²) in [5.41, 5.74) is 1.94. The summed E-state index contributed by atoms with van der Waals surface area (Å²) in [5, 5.41) is 9.29. The SMILES string of the molecule is CCc1ccnc(NC(=O)Cc2ccn[nH]2)c1. The fourth-order valence-electron chi connectivity index (χ4n) is 1.51. The molecule has 2 N–H and O–H groups in total. The molecule has 0 aromatic carbocycles. The average molecular weight is 230 g/mol. The van der Waals surface area contributed by atoms with E-state index in [1.54, 1.807) is 18.5 Å². The Bertz CT molecular complexity index is 493. The third-order valence-electron chi connectivity index (χ3n) is 2.41. The minimum atomic E-state index is -0.102. The molecular weight excluding hydrogens is 216 g/mol. The van der Waals surface area contributed by atoms with Gasteiger partial charge in [-0.2, -0.15) is 5.10 Å². The predicted molar refractivity (Wildman–Crippen MR) is 64.5 cm³/mol. The summed E-state index contributed by atoms with van der Waals surface area (Å²) in [7, 11) is 0. The first-order valence-electron chi connectivity index (χ1n) is 5.51. The summed E-state index contributed by atoms with van der Waals surface area (Å²) in [6.07, 6.45) is 4.52. The van der Waals surface area contributed by atoms with Crippen LogP contribution in [-0.2, 0) is 17.6 Å². The Hall–Kier alpha value is -2.17. The molecule has 5 heteroatoms. The normalized spacial score (nSPS) is 10.2. The average Bonchev–Trinajstić information content (AvgIpc) is 2.82. The van der Waals surface area contributed by atoms with Crippen molar-refractivity contribution in [1.29, 1.82) is 0 Å². The molecule has 5 nitrogen and oxygen atoms in total. The lowest BCUT2D eigenvalue weighted by Gasteiger charge is -2.04. The molecule has 1 amide bonds. The van der Waals surface area contributed by atoms with Crippen LogP contribution in [0.3, 0.4) is 0 Å². The fraction of sp³-hybridized carbons (Fsp3) is 0.250. The topological polar surface area (TPSA) is 70.7 Å². The van der Waals surface area contributed by atoms with Gasteiger partial charge in [-0.25, -0.2) is 4.98 Å². The van der Waals surface area contributed by atoms with Crippen LogP contribution in [0.4, 0.5) is 5.82 Å². The maximum atomic E-state index is 11.7. The van der Waals surface area contributed by atoms with Gasteiger partial charge in [-0.1, -0.05) is 6.92 Å². The van der Waals surface area contributed by atoms with Crippen LogP contribution in [0.1, 0.15) is 18.2 Å². The predicted octanol–water partition coefficient (Wildman–Crippen LogP) is 1.55. The van der Waals surface area contributed by atoms with E-state index in [9.17, 15) is 4.79 Å². The van der Waals surface area contributed by atoms with E-state index in [1.807, 2.05) is 12.1 Å². The third kappa shape index (κ3) is 3.14. The Balaban J connectivity index is 1.98. The second kappa shape index (κ2) is 5.25. The number of nitrogens with zero attached hydrogens (tertiary/aromatic N) is 2. The molecule has 17 heavy (non-hydrogen) atoms. The van der Waals surface area contributed by atoms with Gasteiger partial charge >= 0.3 is 0 Å². The minimum absolute atomic E-state index is 0.102. The molecule has 0 atom stereocenters. The van der Waals surface area contributed by atoms with E-state index in [2.05, 4.69) is 27.4 Å². The number of amides is 1. The van der Waals surface area contributed by atoms with Crippen LogP contribution >= 0.6 is 0 Å². The molecule has 0 unspecified atom stereocenters. The first kappa shape index (κ1) is 11.3. The molecule has 2 heterocycles. The number of pyridine rings is 1. The van der Waals surface area contributed by atoms with Crippen LogP contribution in [0.5, 0.6) is 0 Å². The van der Waals surface area contributed by atoms with Gasteiger partial charge in [0.15, 0.2) is 0 Å². The monoisotopic (exact) mass is 230 g/mol. The van der Waals surface area contributed by atoms with Gasteiger partial charge in [-0.15, -0.1) is 0 Å². The van der Waals surface area contributed by atoms with Gasteiger partial charge in [0, 0.05) is 18.1 Å². The second-order valence-corrected chi connectivity index (χ2v) is 3.71. The van der Waals surface area contributed by atoms with Gasteiger partial charge in [0.1, 0.15) is 5.82 Å². The zero-order valence-electron chi connectivity index (χ0n) is 9.60. The Morgan fingerprint density at radius 1 is 1.41 bits per heavy atom. The maximum absolute atomic E-state index is 11.7. The van der Waals surface area contributed by atoms with Gasteiger partial charge < -0.3 is 5.32 Å². The summed E-state index contributed by atoms with van der Waals surface area (Å²) >= 11 is 0. The van der Waals surface area contributed by atoms with Crippen molar-refractivity contribution >= 4 is 11.7 Å². The number of anilines is 1. The molecule has 88 valence electrons. The Labute approximate surface area is 99.3 Å². The summed E-state index contributed by atoms with van der Waals surface area (Å²) < 4.78 is 0. The molecule has 0 aliphatic rings. The number of aromatic nitrogens is 3. The number of aromatic amines is 1. The Morgan fingerprint density at radius 3 is 3.00 bits per heavy atom. The lowest BCUT2D eigenvalue weighted by atomic mass is 10.2. The quantitative estimate of drug-likeness (QED) is 0.837. The number of aryl methyl sites for hydroxylation is 1. The second-order valence-electron chi connectivity index (χ2n) is 3.71. The highest BCUT2D eigenvalue weighted by Gasteiger charge is 2.05. The van der Waals surface area contributed by atoms with E-state index in [0.29, 0.717) is 5.82 Å². The van der Waals surface area contributed by atoms with Crippen molar-refractivity contribution in [2.75, 3.05) is 5.32 Å². The van der Waals surface area contributed by atoms with Crippen LogP contribution in [-0.4, -0.2) is 21.1 Å². The zero-order chi connectivity index (χ0) is 12.1. The number of nitrogens with one attached hydrogen (secondary N) is 2. The molecular formula is C12H14N4O. The molecule has 0 spiro atoms. The smallest absolute Gasteiger partial charge is 0.231 e. The zero-order valence-corrected chi connectivity index (χ0v) is 9.60. The lowest BCUT2D eigenvalue weighted by molar-refractivity contribution is -0.115. The molecule has 0 saturated heterocycles. The number of carbonyl (C=O) groups excluding carboxylic acids is 1. The van der Waals surface area contributed by atoms with Crippen LogP contribution in [0, 0.1) is 0 Å². The number of rotatable bonds is 4. The first-order chi connectivity index (χ1) is 8.28. The van der Waals surface area contributed by atoms with E-state index in [-0.39, 0.29) is 12.3 Å². The van der Waals surface area contributed by atoms with Gasteiger partial charge in [-0.3, -0.25) is 9.89 Å². The molecule has 0 radical (unpaired) electrons. The molecule has 0 bridgehead atoms. The summed E-state index contributed by atoms with van der Waals surface area (Å²) in [4.78, 5) is 15.8. The van der Waals surface area contributed by atoms with Crippen molar-refractivity contribution < 1.29 is 4.79 Å². The number of carbonyl (C=O) groups is 1. The maximum Gasteiger partial charge on any atom is 0.231 e.